The van der Waals surface area contributed by atoms with E-state index in [9.17, 15) is 4.79 Å². The number of carbonyl (C=O) groups excluding carboxylic acids is 1. The van der Waals surface area contributed by atoms with Crippen molar-refractivity contribution in [2.24, 2.45) is 0 Å². The van der Waals surface area contributed by atoms with Crippen LogP contribution < -0.4 is 5.32 Å². The highest BCUT2D eigenvalue weighted by Crippen LogP contribution is 2.28. The van der Waals surface area contributed by atoms with Crippen molar-refractivity contribution in [2.75, 3.05) is 13.1 Å². The fraction of sp³-hybridized carbons (Fsp3) is 0.381. The number of nitrogens with one attached hydrogen (secondary N) is 1. The largest absolute Gasteiger partial charge is 0.461 e. The third-order valence-electron chi connectivity index (χ3n) is 4.68. The second-order valence-corrected chi connectivity index (χ2v) is 6.37. The first-order valence-electron chi connectivity index (χ1n) is 8.81. The number of ether oxygens (including phenoxy) is 1. The standard InChI is InChI=1S/C21H25NO2/c23-21(24-16-17-6-2-1-3-7-17)11-10-18-8-4-5-9-20(18)19-12-14-22-15-13-19/h1-9,19,22H,10-16H2. The van der Waals surface area contributed by atoms with E-state index in [0.717, 1.165) is 25.1 Å². The molecule has 126 valence electrons. The Balaban J connectivity index is 1.53. The summed E-state index contributed by atoms with van der Waals surface area (Å²) in [5.41, 5.74) is 3.73. The average Bonchev–Trinajstić information content (AvgIpc) is 2.66. The number of esters is 1. The zero-order valence-corrected chi connectivity index (χ0v) is 14.0. The highest BCUT2D eigenvalue weighted by Gasteiger charge is 2.18. The van der Waals surface area contributed by atoms with Crippen molar-refractivity contribution >= 4 is 5.97 Å². The Morgan fingerprint density at radius 2 is 1.71 bits per heavy atom. The summed E-state index contributed by atoms with van der Waals surface area (Å²) in [7, 11) is 0. The lowest BCUT2D eigenvalue weighted by atomic mass is 9.86. The Kier molecular flexibility index (Phi) is 6.02. The number of aryl methyl sites for hydroxylation is 1. The predicted octanol–water partition coefficient (Wildman–Crippen LogP) is 3.83. The van der Waals surface area contributed by atoms with Crippen molar-refractivity contribution in [2.45, 2.75) is 38.2 Å². The minimum absolute atomic E-state index is 0.126. The van der Waals surface area contributed by atoms with Gasteiger partial charge in [0.15, 0.2) is 0 Å². The van der Waals surface area contributed by atoms with Crippen LogP contribution in [-0.2, 0) is 22.6 Å². The maximum absolute atomic E-state index is 12.0. The topological polar surface area (TPSA) is 38.3 Å². The monoisotopic (exact) mass is 323 g/mol. The molecule has 1 fully saturated rings. The molecule has 0 bridgehead atoms. The summed E-state index contributed by atoms with van der Waals surface area (Å²) >= 11 is 0. The molecule has 2 aromatic rings. The van der Waals surface area contributed by atoms with Gasteiger partial charge in [-0.05, 0) is 55.0 Å². The van der Waals surface area contributed by atoms with Crippen molar-refractivity contribution in [1.82, 2.24) is 5.32 Å². The van der Waals surface area contributed by atoms with Crippen LogP contribution in [0.5, 0.6) is 0 Å². The minimum atomic E-state index is -0.126. The molecule has 3 heteroatoms. The molecule has 0 saturated carbocycles. The summed E-state index contributed by atoms with van der Waals surface area (Å²) in [6.07, 6.45) is 3.55. The van der Waals surface area contributed by atoms with E-state index in [-0.39, 0.29) is 5.97 Å². The smallest absolute Gasteiger partial charge is 0.306 e. The van der Waals surface area contributed by atoms with Crippen molar-refractivity contribution in [3.05, 3.63) is 71.3 Å². The Morgan fingerprint density at radius 3 is 2.50 bits per heavy atom. The van der Waals surface area contributed by atoms with Crippen molar-refractivity contribution in [3.8, 4) is 0 Å². The van der Waals surface area contributed by atoms with Crippen molar-refractivity contribution in [3.63, 3.8) is 0 Å². The van der Waals surface area contributed by atoms with Gasteiger partial charge in [0.2, 0.25) is 0 Å². The summed E-state index contributed by atoms with van der Waals surface area (Å²) in [5, 5.41) is 3.41. The summed E-state index contributed by atoms with van der Waals surface area (Å²) in [6, 6.07) is 18.4. The molecular formula is C21H25NO2. The molecule has 0 radical (unpaired) electrons. The van der Waals surface area contributed by atoms with Crippen LogP contribution in [0, 0.1) is 0 Å². The highest BCUT2D eigenvalue weighted by atomic mass is 16.5. The molecule has 3 nitrogen and oxygen atoms in total. The molecule has 1 N–H and O–H groups in total. The van der Waals surface area contributed by atoms with E-state index in [1.54, 1.807) is 0 Å². The van der Waals surface area contributed by atoms with E-state index >= 15 is 0 Å². The molecule has 2 aromatic carbocycles. The van der Waals surface area contributed by atoms with Gasteiger partial charge >= 0.3 is 5.97 Å². The second kappa shape index (κ2) is 8.65. The van der Waals surface area contributed by atoms with E-state index in [4.69, 9.17) is 4.74 Å². The van der Waals surface area contributed by atoms with E-state index < -0.39 is 0 Å². The summed E-state index contributed by atoms with van der Waals surface area (Å²) in [6.45, 7) is 2.52. The first-order chi connectivity index (χ1) is 11.8. The van der Waals surface area contributed by atoms with E-state index in [2.05, 4.69) is 29.6 Å². The van der Waals surface area contributed by atoms with Crippen LogP contribution in [0.2, 0.25) is 0 Å². The molecule has 3 rings (SSSR count). The predicted molar refractivity (Wildman–Crippen MR) is 95.8 cm³/mol. The second-order valence-electron chi connectivity index (χ2n) is 6.37. The number of hydrogen-bond acceptors (Lipinski definition) is 3. The fourth-order valence-corrected chi connectivity index (χ4v) is 3.34. The zero-order chi connectivity index (χ0) is 16.6. The molecule has 1 saturated heterocycles. The molecule has 0 aromatic heterocycles. The quantitative estimate of drug-likeness (QED) is 0.821. The van der Waals surface area contributed by atoms with Crippen LogP contribution in [0.3, 0.4) is 0 Å². The maximum Gasteiger partial charge on any atom is 0.306 e. The molecule has 0 atom stereocenters. The maximum atomic E-state index is 12.0. The Labute approximate surface area is 144 Å². The normalized spacial score (nSPS) is 15.2. The first-order valence-corrected chi connectivity index (χ1v) is 8.81. The lowest BCUT2D eigenvalue weighted by Gasteiger charge is -2.25. The van der Waals surface area contributed by atoms with Gasteiger partial charge in [0, 0.05) is 6.42 Å². The fourth-order valence-electron chi connectivity index (χ4n) is 3.34. The van der Waals surface area contributed by atoms with Gasteiger partial charge in [-0.15, -0.1) is 0 Å². The molecule has 24 heavy (non-hydrogen) atoms. The Hall–Kier alpha value is -2.13. The van der Waals surface area contributed by atoms with Crippen LogP contribution >= 0.6 is 0 Å². The molecule has 0 unspecified atom stereocenters. The highest BCUT2D eigenvalue weighted by molar-refractivity contribution is 5.69. The van der Waals surface area contributed by atoms with Crippen LogP contribution in [-0.4, -0.2) is 19.1 Å². The van der Waals surface area contributed by atoms with Gasteiger partial charge in [-0.3, -0.25) is 4.79 Å². The van der Waals surface area contributed by atoms with E-state index in [1.165, 1.54) is 24.0 Å². The van der Waals surface area contributed by atoms with Gasteiger partial charge in [-0.1, -0.05) is 54.6 Å². The van der Waals surface area contributed by atoms with Crippen LogP contribution in [0.1, 0.15) is 41.9 Å². The molecule has 1 heterocycles. The van der Waals surface area contributed by atoms with Gasteiger partial charge < -0.3 is 10.1 Å². The third kappa shape index (κ3) is 4.68. The number of piperidine rings is 1. The van der Waals surface area contributed by atoms with E-state index in [1.807, 2.05) is 30.3 Å². The molecular weight excluding hydrogens is 298 g/mol. The Bertz CT molecular complexity index is 648. The summed E-state index contributed by atoms with van der Waals surface area (Å²) in [5.74, 6) is 0.488. The SMILES string of the molecule is O=C(CCc1ccccc1C1CCNCC1)OCc1ccccc1. The summed E-state index contributed by atoms with van der Waals surface area (Å²) < 4.78 is 5.39. The van der Waals surface area contributed by atoms with Gasteiger partial charge in [-0.25, -0.2) is 0 Å². The van der Waals surface area contributed by atoms with E-state index in [0.29, 0.717) is 18.9 Å². The van der Waals surface area contributed by atoms with Crippen LogP contribution in [0.15, 0.2) is 54.6 Å². The lowest BCUT2D eigenvalue weighted by Crippen LogP contribution is -2.27. The van der Waals surface area contributed by atoms with Gasteiger partial charge in [0.1, 0.15) is 6.61 Å². The molecule has 1 aliphatic rings. The van der Waals surface area contributed by atoms with Gasteiger partial charge in [0.25, 0.3) is 0 Å². The van der Waals surface area contributed by atoms with Crippen LogP contribution in [0.4, 0.5) is 0 Å². The number of carbonyl (C=O) groups is 1. The zero-order valence-electron chi connectivity index (χ0n) is 14.0. The molecule has 0 spiro atoms. The third-order valence-corrected chi connectivity index (χ3v) is 4.68. The summed E-state index contributed by atoms with van der Waals surface area (Å²) in [4.78, 5) is 12.0. The van der Waals surface area contributed by atoms with Crippen molar-refractivity contribution < 1.29 is 9.53 Å². The molecule has 1 aliphatic heterocycles. The Morgan fingerprint density at radius 1 is 1.00 bits per heavy atom. The molecule has 0 amide bonds. The van der Waals surface area contributed by atoms with Crippen LogP contribution in [0.25, 0.3) is 0 Å². The average molecular weight is 323 g/mol. The molecule has 0 aliphatic carbocycles. The van der Waals surface area contributed by atoms with Crippen molar-refractivity contribution in [1.29, 1.82) is 0 Å². The van der Waals surface area contributed by atoms with Gasteiger partial charge in [-0.2, -0.15) is 0 Å². The number of hydrogen-bond donors (Lipinski definition) is 1. The lowest BCUT2D eigenvalue weighted by molar-refractivity contribution is -0.144. The number of benzene rings is 2. The minimum Gasteiger partial charge on any atom is -0.461 e. The number of rotatable bonds is 6. The first kappa shape index (κ1) is 16.7. The van der Waals surface area contributed by atoms with Gasteiger partial charge in [0.05, 0.1) is 0 Å².